The van der Waals surface area contributed by atoms with Crippen molar-refractivity contribution in [2.24, 2.45) is 0 Å². The molecular formula is C23H26N8O12P2S2. The van der Waals surface area contributed by atoms with Gasteiger partial charge in [0.15, 0.2) is 29.3 Å². The number of fused-ring (bicyclic) bond motifs is 5. The highest BCUT2D eigenvalue weighted by Gasteiger charge is 2.53. The van der Waals surface area contributed by atoms with Crippen LogP contribution in [0.25, 0.3) is 22.2 Å². The maximum absolute atomic E-state index is 13.5. The van der Waals surface area contributed by atoms with Crippen molar-refractivity contribution >= 4 is 65.7 Å². The number of hydrogen-bond acceptors (Lipinski definition) is 17. The molecule has 7 heterocycles. The van der Waals surface area contributed by atoms with Crippen molar-refractivity contribution < 1.29 is 46.9 Å². The molecule has 24 heteroatoms. The van der Waals surface area contributed by atoms with E-state index >= 15 is 0 Å². The van der Waals surface area contributed by atoms with Crippen LogP contribution >= 0.6 is 25.8 Å². The lowest BCUT2D eigenvalue weighted by Gasteiger charge is -2.28. The highest BCUT2D eigenvalue weighted by atomic mass is 32.7. The molecule has 0 spiro atoms. The molecule has 0 amide bonds. The van der Waals surface area contributed by atoms with E-state index in [-0.39, 0.29) is 28.1 Å². The monoisotopic (exact) mass is 732 g/mol. The summed E-state index contributed by atoms with van der Waals surface area (Å²) < 4.78 is 56.4. The van der Waals surface area contributed by atoms with Crippen LogP contribution in [0.2, 0.25) is 0 Å². The number of aliphatic hydroxyl groups is 1. The summed E-state index contributed by atoms with van der Waals surface area (Å²) in [7, 11) is 1.33. The van der Waals surface area contributed by atoms with Gasteiger partial charge in [-0.3, -0.25) is 37.3 Å². The Kier molecular flexibility index (Phi) is 8.61. The molecule has 2 bridgehead atoms. The van der Waals surface area contributed by atoms with Gasteiger partial charge in [0.2, 0.25) is 5.95 Å². The molecule has 0 radical (unpaired) electrons. The van der Waals surface area contributed by atoms with Crippen molar-refractivity contribution in [2.75, 3.05) is 26.1 Å². The van der Waals surface area contributed by atoms with Crippen LogP contribution in [0.15, 0.2) is 40.6 Å². The number of aromatic nitrogens is 7. The average Bonchev–Trinajstić information content (AvgIpc) is 3.68. The number of methoxy groups -OCH3 is 1. The van der Waals surface area contributed by atoms with E-state index in [4.69, 9.17) is 49.8 Å². The minimum Gasteiger partial charge on any atom is -0.386 e. The maximum Gasteiger partial charge on any atom is 0.386 e. The van der Waals surface area contributed by atoms with Crippen LogP contribution in [0, 0.1) is 0 Å². The summed E-state index contributed by atoms with van der Waals surface area (Å²) >= 11 is 9.44. The van der Waals surface area contributed by atoms with Gasteiger partial charge in [-0.1, -0.05) is 12.2 Å². The second kappa shape index (κ2) is 12.3. The Morgan fingerprint density at radius 2 is 1.83 bits per heavy atom. The lowest BCUT2D eigenvalue weighted by Crippen LogP contribution is -2.37. The summed E-state index contributed by atoms with van der Waals surface area (Å²) in [6.07, 6.45) is -6.46. The summed E-state index contributed by atoms with van der Waals surface area (Å²) in [6, 6.07) is 3.05. The van der Waals surface area contributed by atoms with Gasteiger partial charge in [-0.05, 0) is 23.9 Å². The van der Waals surface area contributed by atoms with Crippen LogP contribution in [-0.4, -0.2) is 101 Å². The molecule has 47 heavy (non-hydrogen) atoms. The van der Waals surface area contributed by atoms with Crippen molar-refractivity contribution in [3.05, 3.63) is 51.7 Å². The number of ether oxygens (including phenoxy) is 3. The molecule has 3 aliphatic rings. The van der Waals surface area contributed by atoms with Crippen LogP contribution in [0.4, 0.5) is 5.95 Å². The van der Waals surface area contributed by atoms with E-state index in [1.165, 1.54) is 30.3 Å². The fourth-order valence-electron chi connectivity index (χ4n) is 5.67. The van der Waals surface area contributed by atoms with Crippen LogP contribution < -0.4 is 16.9 Å². The number of nitrogen functional groups attached to an aromatic ring is 1. The number of nitrogens with zero attached hydrogens (tertiary/aromatic N) is 6. The van der Waals surface area contributed by atoms with Crippen LogP contribution in [0.3, 0.4) is 0 Å². The van der Waals surface area contributed by atoms with Crippen molar-refractivity contribution in [3.8, 4) is 0 Å². The smallest absolute Gasteiger partial charge is 0.386 e. The summed E-state index contributed by atoms with van der Waals surface area (Å²) in [5.41, 5.74) is 4.69. The van der Waals surface area contributed by atoms with Crippen LogP contribution in [0.5, 0.6) is 0 Å². The number of nitrogens with two attached hydrogens (primary N) is 1. The molecule has 0 aliphatic carbocycles. The first-order valence-corrected chi connectivity index (χ1v) is 19.0. The minimum atomic E-state index is -4.33. The molecule has 10 atom stereocenters. The summed E-state index contributed by atoms with van der Waals surface area (Å²) in [6.45, 7) is -9.57. The highest BCUT2D eigenvalue weighted by Crippen LogP contribution is 2.58. The Labute approximate surface area is 273 Å². The number of H-pyrrole nitrogens is 1. The molecule has 0 saturated carbocycles. The fourth-order valence-corrected chi connectivity index (χ4v) is 8.57. The molecule has 4 aromatic rings. The predicted molar refractivity (Wildman–Crippen MR) is 166 cm³/mol. The van der Waals surface area contributed by atoms with Gasteiger partial charge in [-0.15, -0.1) is 0 Å². The van der Waals surface area contributed by atoms with Crippen molar-refractivity contribution in [1.82, 2.24) is 34.1 Å². The Bertz CT molecular complexity index is 2070. The molecule has 7 rings (SSSR count). The largest absolute Gasteiger partial charge is 0.386 e. The Hall–Kier alpha value is -2.69. The highest BCUT2D eigenvalue weighted by molar-refractivity contribution is 8.44. The molecular weight excluding hydrogens is 706 g/mol. The van der Waals surface area contributed by atoms with Gasteiger partial charge in [-0.2, -0.15) is 4.98 Å². The van der Waals surface area contributed by atoms with Crippen LogP contribution in [0.1, 0.15) is 12.5 Å². The summed E-state index contributed by atoms with van der Waals surface area (Å²) in [5, 5.41) is 11.4. The Morgan fingerprint density at radius 3 is 2.62 bits per heavy atom. The first kappa shape index (κ1) is 32.8. The first-order chi connectivity index (χ1) is 22.4. The average molecular weight is 733 g/mol. The Balaban J connectivity index is 1.22. The molecule has 252 valence electrons. The van der Waals surface area contributed by atoms with E-state index in [2.05, 4.69) is 37.2 Å². The van der Waals surface area contributed by atoms with Crippen molar-refractivity contribution in [3.63, 3.8) is 0 Å². The molecule has 20 nitrogen and oxygen atoms in total. The zero-order chi connectivity index (χ0) is 33.2. The SMILES string of the molecule is CO[C@H]1[C@H]2OP(O)(=S)OC[C@H]3O[C@@H](n4cnc5ncccc5c4=O)[C@H](O)[C@@H]3OP(=O)(S)OC[C@H]1O[C@H]2n1cnc2c(=O)[nH]c(N)nc21. The molecule has 0 aromatic carbocycles. The Morgan fingerprint density at radius 1 is 1.09 bits per heavy atom. The lowest BCUT2D eigenvalue weighted by atomic mass is 10.1. The number of aromatic amines is 1. The molecule has 5 N–H and O–H groups in total. The number of thiol groups is 1. The van der Waals surface area contributed by atoms with Crippen molar-refractivity contribution in [1.29, 1.82) is 0 Å². The van der Waals surface area contributed by atoms with E-state index in [0.29, 0.717) is 0 Å². The number of rotatable bonds is 3. The lowest BCUT2D eigenvalue weighted by molar-refractivity contribution is -0.0610. The number of pyridine rings is 1. The van der Waals surface area contributed by atoms with E-state index in [9.17, 15) is 24.2 Å². The third-order valence-corrected chi connectivity index (χ3v) is 10.9. The number of aliphatic hydroxyl groups excluding tert-OH is 1. The molecule has 3 saturated heterocycles. The van der Waals surface area contributed by atoms with Crippen LogP contribution in [-0.2, 0) is 48.7 Å². The van der Waals surface area contributed by atoms with Gasteiger partial charge < -0.3 is 34.5 Å². The quantitative estimate of drug-likeness (QED) is 0.134. The van der Waals surface area contributed by atoms with E-state index < -0.39 is 86.9 Å². The van der Waals surface area contributed by atoms with E-state index in [1.54, 1.807) is 6.07 Å². The molecule has 3 aliphatic heterocycles. The number of anilines is 1. The molecule has 4 aromatic heterocycles. The summed E-state index contributed by atoms with van der Waals surface area (Å²) in [4.78, 5) is 55.7. The maximum atomic E-state index is 13.5. The van der Waals surface area contributed by atoms with Gasteiger partial charge in [0.1, 0.15) is 43.0 Å². The third-order valence-electron chi connectivity index (χ3n) is 7.74. The summed E-state index contributed by atoms with van der Waals surface area (Å²) in [5.74, 6) is -0.196. The van der Waals surface area contributed by atoms with Crippen molar-refractivity contribution in [2.45, 2.75) is 49.1 Å². The second-order valence-electron chi connectivity index (χ2n) is 10.6. The van der Waals surface area contributed by atoms with Gasteiger partial charge in [0, 0.05) is 13.3 Å². The predicted octanol–water partition coefficient (Wildman–Crippen LogP) is -0.250. The number of hydrogen-bond donors (Lipinski definition) is 5. The third kappa shape index (κ3) is 6.07. The first-order valence-electron chi connectivity index (χ1n) is 13.7. The molecule has 3 fully saturated rings. The zero-order valence-corrected chi connectivity index (χ0v) is 27.4. The fraction of sp³-hybridized carbons (Fsp3) is 0.478. The van der Waals surface area contributed by atoms with E-state index in [1.807, 2.05) is 0 Å². The standard InChI is InChI=1S/C23H26N8O12P2S2/c1-37-15-11-6-39-44(35,46)42-14-10(40-21(13(14)32)31-8-27-17-9(20(31)34)3-2-4-25-17)5-38-45(36,47)43-16(15)22(41-11)30-7-26-12-18(30)28-23(24)29-19(12)33/h2-4,7-8,10-11,13-16,21-22,32H,5-6H2,1H3,(H,35,46)(H,36,47)(H3,24,28,29,33)/t10-,11-,13-,14-,15-,16-,21-,22-,44?,45?/m1/s1. The minimum absolute atomic E-state index is 0.0224. The van der Waals surface area contributed by atoms with Gasteiger partial charge >= 0.3 is 13.5 Å². The number of nitrogens with one attached hydrogen (secondary N) is 1. The zero-order valence-electron chi connectivity index (χ0n) is 23.9. The van der Waals surface area contributed by atoms with E-state index in [0.717, 1.165) is 10.9 Å². The van der Waals surface area contributed by atoms with Gasteiger partial charge in [0.05, 0.1) is 24.9 Å². The van der Waals surface area contributed by atoms with Gasteiger partial charge in [-0.25, -0.2) is 19.5 Å². The normalized spacial score (nSPS) is 36.5. The van der Waals surface area contributed by atoms with Gasteiger partial charge in [0.25, 0.3) is 11.1 Å². The topological polar surface area (TPSA) is 260 Å². The molecule has 2 unspecified atom stereocenters. The second-order valence-corrected chi connectivity index (χ2v) is 16.3. The number of imidazole rings is 1.